The van der Waals surface area contributed by atoms with Gasteiger partial charge in [0.05, 0.1) is 18.6 Å². The van der Waals surface area contributed by atoms with Gasteiger partial charge in [-0.15, -0.1) is 0 Å². The Morgan fingerprint density at radius 1 is 1.35 bits per heavy atom. The monoisotopic (exact) mass is 302 g/mol. The van der Waals surface area contributed by atoms with E-state index in [-0.39, 0.29) is 22.8 Å². The second-order valence-electron chi connectivity index (χ2n) is 4.47. The van der Waals surface area contributed by atoms with Crippen LogP contribution in [0.2, 0.25) is 0 Å². The molecule has 0 aliphatic carbocycles. The van der Waals surface area contributed by atoms with Crippen molar-refractivity contribution in [3.05, 3.63) is 23.8 Å². The Kier molecular flexibility index (Phi) is 3.87. The van der Waals surface area contributed by atoms with E-state index in [4.69, 9.17) is 14.6 Å². The molecular weight excluding hydrogens is 288 g/mol. The largest absolute Gasteiger partial charge is 0.493 e. The molecule has 0 saturated carbocycles. The third-order valence-corrected chi connectivity index (χ3v) is 4.67. The molecule has 110 valence electrons. The summed E-state index contributed by atoms with van der Waals surface area (Å²) in [6.07, 6.45) is -2.08. The number of aliphatic carboxylic acids is 1. The number of carbonyl (C=O) groups is 1. The summed E-state index contributed by atoms with van der Waals surface area (Å²) in [4.78, 5) is 10.7. The zero-order chi connectivity index (χ0) is 14.9. The number of carboxylic acids is 1. The summed E-state index contributed by atoms with van der Waals surface area (Å²) in [5.41, 5.74) is 0.155. The van der Waals surface area contributed by atoms with Crippen LogP contribution in [-0.4, -0.2) is 49.3 Å². The van der Waals surface area contributed by atoms with Crippen LogP contribution in [0.5, 0.6) is 11.5 Å². The van der Waals surface area contributed by atoms with Gasteiger partial charge in [-0.25, -0.2) is 13.2 Å². The predicted octanol–water partition coefficient (Wildman–Crippen LogP) is -0.0110. The molecule has 1 atom stereocenters. The van der Waals surface area contributed by atoms with Crippen LogP contribution in [0.1, 0.15) is 11.7 Å². The van der Waals surface area contributed by atoms with Gasteiger partial charge in [-0.3, -0.25) is 0 Å². The van der Waals surface area contributed by atoms with Gasteiger partial charge in [0.25, 0.3) is 0 Å². The molecule has 0 spiro atoms. The van der Waals surface area contributed by atoms with Crippen LogP contribution in [0.3, 0.4) is 0 Å². The Morgan fingerprint density at radius 3 is 2.50 bits per heavy atom. The molecule has 0 amide bonds. The van der Waals surface area contributed by atoms with E-state index >= 15 is 0 Å². The van der Waals surface area contributed by atoms with Crippen LogP contribution in [0.25, 0.3) is 0 Å². The van der Waals surface area contributed by atoms with Crippen LogP contribution >= 0.6 is 0 Å². The maximum Gasteiger partial charge on any atom is 0.337 e. The normalized spacial score (nSPS) is 18.9. The van der Waals surface area contributed by atoms with Crippen molar-refractivity contribution in [2.45, 2.75) is 12.2 Å². The van der Waals surface area contributed by atoms with Crippen molar-refractivity contribution in [1.29, 1.82) is 0 Å². The minimum Gasteiger partial charge on any atom is -0.493 e. The molecule has 7 nitrogen and oxygen atoms in total. The van der Waals surface area contributed by atoms with Gasteiger partial charge in [0.15, 0.2) is 27.4 Å². The van der Waals surface area contributed by atoms with E-state index < -0.39 is 28.0 Å². The SMILES string of the molecule is COc1cc(C(O)C(=O)O)ccc1OC1CS(=O)(=O)C1. The fourth-order valence-electron chi connectivity index (χ4n) is 1.86. The van der Waals surface area contributed by atoms with Gasteiger partial charge in [-0.2, -0.15) is 0 Å². The third-order valence-electron chi connectivity index (χ3n) is 2.91. The summed E-state index contributed by atoms with van der Waals surface area (Å²) in [6.45, 7) is 0. The number of carboxylic acid groups (broad SMARTS) is 1. The Labute approximate surface area is 115 Å². The first kappa shape index (κ1) is 14.6. The van der Waals surface area contributed by atoms with E-state index in [1.165, 1.54) is 25.3 Å². The van der Waals surface area contributed by atoms with Gasteiger partial charge in [-0.05, 0) is 17.7 Å². The van der Waals surface area contributed by atoms with E-state index in [1.807, 2.05) is 0 Å². The highest BCUT2D eigenvalue weighted by Crippen LogP contribution is 2.32. The summed E-state index contributed by atoms with van der Waals surface area (Å²) >= 11 is 0. The quantitative estimate of drug-likeness (QED) is 0.787. The number of hydrogen-bond acceptors (Lipinski definition) is 6. The third kappa shape index (κ3) is 3.02. The summed E-state index contributed by atoms with van der Waals surface area (Å²) in [6, 6.07) is 4.19. The zero-order valence-electron chi connectivity index (χ0n) is 10.6. The first-order chi connectivity index (χ1) is 9.32. The number of methoxy groups -OCH3 is 1. The molecule has 20 heavy (non-hydrogen) atoms. The van der Waals surface area contributed by atoms with Crippen LogP contribution in [-0.2, 0) is 14.6 Å². The highest BCUT2D eigenvalue weighted by Gasteiger charge is 2.35. The van der Waals surface area contributed by atoms with Crippen molar-refractivity contribution in [3.8, 4) is 11.5 Å². The lowest BCUT2D eigenvalue weighted by Gasteiger charge is -2.27. The number of sulfone groups is 1. The van der Waals surface area contributed by atoms with E-state index in [1.54, 1.807) is 0 Å². The molecule has 1 fully saturated rings. The van der Waals surface area contributed by atoms with Crippen molar-refractivity contribution < 1.29 is 32.9 Å². The van der Waals surface area contributed by atoms with E-state index in [2.05, 4.69) is 0 Å². The minimum absolute atomic E-state index is 0.0460. The van der Waals surface area contributed by atoms with Gasteiger partial charge >= 0.3 is 5.97 Å². The first-order valence-electron chi connectivity index (χ1n) is 5.78. The van der Waals surface area contributed by atoms with Gasteiger partial charge in [0.1, 0.15) is 6.10 Å². The molecule has 0 aromatic heterocycles. The average molecular weight is 302 g/mol. The highest BCUT2D eigenvalue weighted by molar-refractivity contribution is 7.92. The van der Waals surface area contributed by atoms with Crippen LogP contribution in [0.15, 0.2) is 18.2 Å². The molecule has 1 aromatic rings. The molecule has 2 rings (SSSR count). The predicted molar refractivity (Wildman–Crippen MR) is 68.7 cm³/mol. The fraction of sp³-hybridized carbons (Fsp3) is 0.417. The lowest BCUT2D eigenvalue weighted by Crippen LogP contribution is -2.45. The minimum atomic E-state index is -2.99. The maximum atomic E-state index is 11.1. The second kappa shape index (κ2) is 5.29. The number of benzene rings is 1. The van der Waals surface area contributed by atoms with Crippen LogP contribution in [0.4, 0.5) is 0 Å². The molecule has 2 N–H and O–H groups in total. The fourth-order valence-corrected chi connectivity index (χ4v) is 3.03. The molecule has 0 bridgehead atoms. The van der Waals surface area contributed by atoms with Gasteiger partial charge in [0, 0.05) is 0 Å². The Hall–Kier alpha value is -1.80. The molecular formula is C12H14O7S. The van der Waals surface area contributed by atoms with Crippen LogP contribution in [0, 0.1) is 0 Å². The lowest BCUT2D eigenvalue weighted by molar-refractivity contribution is -0.146. The summed E-state index contributed by atoms with van der Waals surface area (Å²) in [5.74, 6) is -0.905. The molecule has 8 heteroatoms. The Balaban J connectivity index is 2.16. The van der Waals surface area contributed by atoms with Gasteiger partial charge in [-0.1, -0.05) is 6.07 Å². The summed E-state index contributed by atoms with van der Waals surface area (Å²) < 4.78 is 32.6. The van der Waals surface area contributed by atoms with Crippen molar-refractivity contribution in [2.75, 3.05) is 18.6 Å². The molecule has 1 aliphatic rings. The molecule has 1 unspecified atom stereocenters. The van der Waals surface area contributed by atoms with Gasteiger partial charge < -0.3 is 19.7 Å². The number of ether oxygens (including phenoxy) is 2. The number of aliphatic hydroxyl groups excluding tert-OH is 1. The Bertz CT molecular complexity index is 611. The summed E-state index contributed by atoms with van der Waals surface area (Å²) in [7, 11) is -1.62. The zero-order valence-corrected chi connectivity index (χ0v) is 11.5. The van der Waals surface area contributed by atoms with E-state index in [0.29, 0.717) is 5.75 Å². The highest BCUT2D eigenvalue weighted by atomic mass is 32.2. The molecule has 1 aromatic carbocycles. The maximum absolute atomic E-state index is 11.1. The number of hydrogen-bond donors (Lipinski definition) is 2. The van der Waals surface area contributed by atoms with E-state index in [9.17, 15) is 18.3 Å². The second-order valence-corrected chi connectivity index (χ2v) is 6.62. The molecule has 1 heterocycles. The first-order valence-corrected chi connectivity index (χ1v) is 7.60. The molecule has 0 radical (unpaired) electrons. The van der Waals surface area contributed by atoms with Crippen molar-refractivity contribution in [3.63, 3.8) is 0 Å². The van der Waals surface area contributed by atoms with Crippen molar-refractivity contribution >= 4 is 15.8 Å². The average Bonchev–Trinajstić information content (AvgIpc) is 2.36. The lowest BCUT2D eigenvalue weighted by atomic mass is 10.1. The van der Waals surface area contributed by atoms with Crippen molar-refractivity contribution in [2.24, 2.45) is 0 Å². The molecule has 1 aliphatic heterocycles. The molecule has 1 saturated heterocycles. The van der Waals surface area contributed by atoms with Crippen LogP contribution < -0.4 is 9.47 Å². The summed E-state index contributed by atoms with van der Waals surface area (Å²) in [5, 5.41) is 18.2. The van der Waals surface area contributed by atoms with E-state index in [0.717, 1.165) is 0 Å². The van der Waals surface area contributed by atoms with Crippen molar-refractivity contribution in [1.82, 2.24) is 0 Å². The topological polar surface area (TPSA) is 110 Å². The number of aliphatic hydroxyl groups is 1. The standard InChI is InChI=1S/C12H14O7S/c1-18-10-4-7(11(13)12(14)15)2-3-9(10)19-8-5-20(16,17)6-8/h2-4,8,11,13H,5-6H2,1H3,(H,14,15). The smallest absolute Gasteiger partial charge is 0.337 e. The Morgan fingerprint density at radius 2 is 2.00 bits per heavy atom. The van der Waals surface area contributed by atoms with Gasteiger partial charge in [0.2, 0.25) is 0 Å². The number of rotatable bonds is 5.